The molecule has 0 radical (unpaired) electrons. The Morgan fingerprint density at radius 1 is 0.857 bits per heavy atom. The minimum atomic E-state index is -0.839. The fraction of sp³-hybridized carbons (Fsp3) is 0.267. The number of hydrogen-bond donors (Lipinski definition) is 2. The maximum atomic E-state index is 13.5. The molecule has 180 valence electrons. The molecule has 35 heavy (non-hydrogen) atoms. The molecule has 1 saturated heterocycles. The number of phenols is 1. The van der Waals surface area contributed by atoms with E-state index in [-0.39, 0.29) is 22.5 Å². The first-order valence-corrected chi connectivity index (χ1v) is 11.7. The first-order valence-electron chi connectivity index (χ1n) is 11.7. The fourth-order valence-corrected chi connectivity index (χ4v) is 4.52. The first kappa shape index (κ1) is 24.3. The smallest absolute Gasteiger partial charge is 0.300 e. The molecule has 4 rings (SSSR count). The number of nitrogens with zero attached hydrogens (tertiary/aromatic N) is 1. The third kappa shape index (κ3) is 4.34. The lowest BCUT2D eigenvalue weighted by molar-refractivity contribution is -0.132. The van der Waals surface area contributed by atoms with Crippen molar-refractivity contribution in [3.63, 3.8) is 0 Å². The number of Topliss-reactive ketones (excluding diaryl/α,β-unsaturated/α-hetero) is 1. The molecular formula is C30H31NO4. The van der Waals surface area contributed by atoms with Gasteiger partial charge in [0.05, 0.1) is 11.6 Å². The predicted molar refractivity (Wildman–Crippen MR) is 139 cm³/mol. The van der Waals surface area contributed by atoms with Crippen LogP contribution in [-0.4, -0.2) is 21.9 Å². The molecule has 1 heterocycles. The van der Waals surface area contributed by atoms with E-state index in [9.17, 15) is 19.8 Å². The molecule has 1 amide bonds. The van der Waals surface area contributed by atoms with Gasteiger partial charge < -0.3 is 10.2 Å². The number of phenolic OH excluding ortho intramolecular Hbond substituents is 1. The van der Waals surface area contributed by atoms with Gasteiger partial charge in [0.25, 0.3) is 11.7 Å². The van der Waals surface area contributed by atoms with E-state index in [0.717, 1.165) is 22.3 Å². The van der Waals surface area contributed by atoms with Crippen LogP contribution in [0.2, 0.25) is 0 Å². The number of ketones is 1. The van der Waals surface area contributed by atoms with Gasteiger partial charge in [0.2, 0.25) is 0 Å². The lowest BCUT2D eigenvalue weighted by Crippen LogP contribution is -2.30. The lowest BCUT2D eigenvalue weighted by atomic mass is 9.84. The summed E-state index contributed by atoms with van der Waals surface area (Å²) in [7, 11) is 0. The number of anilines is 1. The zero-order valence-electron chi connectivity index (χ0n) is 21.0. The zero-order valence-corrected chi connectivity index (χ0v) is 21.0. The minimum absolute atomic E-state index is 0.0377. The molecule has 1 aliphatic heterocycles. The maximum absolute atomic E-state index is 13.5. The number of aromatic hydroxyl groups is 1. The van der Waals surface area contributed by atoms with Gasteiger partial charge in [0.15, 0.2) is 0 Å². The van der Waals surface area contributed by atoms with Gasteiger partial charge in [0.1, 0.15) is 11.5 Å². The topological polar surface area (TPSA) is 77.8 Å². The van der Waals surface area contributed by atoms with Gasteiger partial charge in [-0.3, -0.25) is 14.5 Å². The summed E-state index contributed by atoms with van der Waals surface area (Å²) in [6, 6.07) is 17.1. The molecule has 0 saturated carbocycles. The summed E-state index contributed by atoms with van der Waals surface area (Å²) in [5, 5.41) is 21.4. The molecule has 0 aliphatic carbocycles. The monoisotopic (exact) mass is 469 g/mol. The Morgan fingerprint density at radius 2 is 1.49 bits per heavy atom. The molecule has 2 N–H and O–H groups in total. The van der Waals surface area contributed by atoms with Gasteiger partial charge in [-0.2, -0.15) is 0 Å². The molecule has 3 aromatic carbocycles. The van der Waals surface area contributed by atoms with Crippen molar-refractivity contribution >= 4 is 23.1 Å². The summed E-state index contributed by atoms with van der Waals surface area (Å²) in [5.74, 6) is -1.55. The Morgan fingerprint density at radius 3 is 2.11 bits per heavy atom. The van der Waals surface area contributed by atoms with Gasteiger partial charge >= 0.3 is 0 Å². The predicted octanol–water partition coefficient (Wildman–Crippen LogP) is 6.24. The van der Waals surface area contributed by atoms with Crippen molar-refractivity contribution in [2.75, 3.05) is 4.90 Å². The zero-order chi connectivity index (χ0) is 25.7. The number of rotatable bonds is 3. The highest BCUT2D eigenvalue weighted by molar-refractivity contribution is 6.51. The van der Waals surface area contributed by atoms with Crippen molar-refractivity contribution in [1.82, 2.24) is 0 Å². The Balaban J connectivity index is 2.01. The van der Waals surface area contributed by atoms with Crippen LogP contribution in [0.4, 0.5) is 5.69 Å². The van der Waals surface area contributed by atoms with Gasteiger partial charge in [0, 0.05) is 11.3 Å². The second-order valence-corrected chi connectivity index (χ2v) is 10.3. The second-order valence-electron chi connectivity index (χ2n) is 10.3. The van der Waals surface area contributed by atoms with E-state index in [1.165, 1.54) is 17.0 Å². The third-order valence-corrected chi connectivity index (χ3v) is 6.64. The third-order valence-electron chi connectivity index (χ3n) is 6.64. The van der Waals surface area contributed by atoms with Crippen LogP contribution in [0.15, 0.2) is 66.2 Å². The van der Waals surface area contributed by atoms with E-state index in [1.54, 1.807) is 12.1 Å². The van der Waals surface area contributed by atoms with Crippen LogP contribution in [0.1, 0.15) is 60.2 Å². The Kier molecular flexibility index (Phi) is 6.05. The molecule has 1 atom stereocenters. The molecule has 1 aliphatic rings. The molecule has 1 fully saturated rings. The van der Waals surface area contributed by atoms with Crippen molar-refractivity contribution in [2.24, 2.45) is 0 Å². The van der Waals surface area contributed by atoms with Crippen molar-refractivity contribution in [3.8, 4) is 5.75 Å². The number of aliphatic hydroxyl groups excluding tert-OH is 1. The van der Waals surface area contributed by atoms with Crippen LogP contribution < -0.4 is 4.90 Å². The molecule has 3 aromatic rings. The van der Waals surface area contributed by atoms with Crippen LogP contribution in [0.25, 0.3) is 5.76 Å². The van der Waals surface area contributed by atoms with E-state index in [0.29, 0.717) is 16.8 Å². The highest BCUT2D eigenvalue weighted by Crippen LogP contribution is 2.44. The number of hydrogen-bond acceptors (Lipinski definition) is 4. The van der Waals surface area contributed by atoms with E-state index < -0.39 is 17.7 Å². The Bertz CT molecular complexity index is 1360. The van der Waals surface area contributed by atoms with Crippen LogP contribution in [0.3, 0.4) is 0 Å². The molecular weight excluding hydrogens is 438 g/mol. The van der Waals surface area contributed by atoms with Crippen molar-refractivity contribution in [3.05, 3.63) is 99.6 Å². The lowest BCUT2D eigenvalue weighted by Gasteiger charge is -2.27. The number of aryl methyl sites for hydroxylation is 3. The highest BCUT2D eigenvalue weighted by Gasteiger charge is 2.47. The minimum Gasteiger partial charge on any atom is -0.508 e. The van der Waals surface area contributed by atoms with Gasteiger partial charge in [-0.05, 0) is 78.3 Å². The van der Waals surface area contributed by atoms with Gasteiger partial charge in [-0.1, -0.05) is 57.2 Å². The van der Waals surface area contributed by atoms with Crippen LogP contribution >= 0.6 is 0 Å². The quantitative estimate of drug-likeness (QED) is 0.270. The largest absolute Gasteiger partial charge is 0.508 e. The number of carbonyl (C=O) groups excluding carboxylic acids is 2. The number of carbonyl (C=O) groups is 2. The molecule has 5 nitrogen and oxygen atoms in total. The van der Waals surface area contributed by atoms with Crippen molar-refractivity contribution < 1.29 is 19.8 Å². The number of aliphatic hydroxyl groups is 1. The summed E-state index contributed by atoms with van der Waals surface area (Å²) >= 11 is 0. The fourth-order valence-electron chi connectivity index (χ4n) is 4.52. The second kappa shape index (κ2) is 8.73. The Labute approximate surface area is 206 Å². The maximum Gasteiger partial charge on any atom is 0.300 e. The molecule has 0 spiro atoms. The summed E-state index contributed by atoms with van der Waals surface area (Å²) in [6.45, 7) is 11.9. The van der Waals surface area contributed by atoms with Gasteiger partial charge in [-0.25, -0.2) is 0 Å². The molecule has 1 unspecified atom stereocenters. The average Bonchev–Trinajstić information content (AvgIpc) is 3.05. The van der Waals surface area contributed by atoms with Crippen LogP contribution in [0.5, 0.6) is 5.75 Å². The van der Waals surface area contributed by atoms with E-state index in [4.69, 9.17) is 0 Å². The number of benzene rings is 3. The van der Waals surface area contributed by atoms with E-state index in [2.05, 4.69) is 20.8 Å². The summed E-state index contributed by atoms with van der Waals surface area (Å²) < 4.78 is 0. The van der Waals surface area contributed by atoms with Crippen LogP contribution in [0, 0.1) is 20.8 Å². The SMILES string of the molecule is Cc1ccc(C)c(N2C(=O)C(=O)/C(=C(/O)c3cc(C(C)(C)C)ccc3C)C2c2ccc(O)cc2)c1. The normalized spacial score (nSPS) is 17.8. The van der Waals surface area contributed by atoms with Crippen molar-refractivity contribution in [1.29, 1.82) is 0 Å². The summed E-state index contributed by atoms with van der Waals surface area (Å²) in [6.07, 6.45) is 0. The molecule has 0 aromatic heterocycles. The summed E-state index contributed by atoms with van der Waals surface area (Å²) in [5.41, 5.74) is 5.24. The van der Waals surface area contributed by atoms with Gasteiger partial charge in [-0.15, -0.1) is 0 Å². The van der Waals surface area contributed by atoms with E-state index in [1.807, 2.05) is 57.2 Å². The Hall–Kier alpha value is -3.86. The van der Waals surface area contributed by atoms with Crippen molar-refractivity contribution in [2.45, 2.75) is 53.0 Å². The highest BCUT2D eigenvalue weighted by atomic mass is 16.3. The van der Waals surface area contributed by atoms with E-state index >= 15 is 0 Å². The standard InChI is InChI=1S/C30H31NO4/c1-17-7-8-19(3)24(15-17)31-26(20-10-13-22(32)14-11-20)25(28(34)29(31)35)27(33)23-16-21(30(4,5)6)12-9-18(23)2/h7-16,26,32-33H,1-6H3/b27-25+. The number of amides is 1. The summed E-state index contributed by atoms with van der Waals surface area (Å²) in [4.78, 5) is 28.4. The first-order chi connectivity index (χ1) is 16.4. The molecule has 5 heteroatoms. The average molecular weight is 470 g/mol. The van der Waals surface area contributed by atoms with Crippen LogP contribution in [-0.2, 0) is 15.0 Å². The molecule has 0 bridgehead atoms.